The van der Waals surface area contributed by atoms with Crippen molar-refractivity contribution >= 4 is 5.97 Å². The number of imidazole rings is 1. The fourth-order valence-electron chi connectivity index (χ4n) is 2.87. The van der Waals surface area contributed by atoms with Crippen LogP contribution in [-0.4, -0.2) is 27.1 Å². The van der Waals surface area contributed by atoms with E-state index in [2.05, 4.69) is 16.9 Å². The van der Waals surface area contributed by atoms with E-state index in [1.54, 1.807) is 0 Å². The van der Waals surface area contributed by atoms with Crippen LogP contribution in [0.15, 0.2) is 30.5 Å². The first-order valence-corrected chi connectivity index (χ1v) is 7.22. The summed E-state index contributed by atoms with van der Waals surface area (Å²) in [5.41, 5.74) is 1.19. The van der Waals surface area contributed by atoms with Gasteiger partial charge in [0.1, 0.15) is 17.3 Å². The molecule has 2 unspecified atom stereocenters. The number of aromatic carboxylic acids is 1. The number of fused-ring (bicyclic) bond motifs is 1. The molecule has 1 aliphatic rings. The minimum absolute atomic E-state index is 0.0552. The number of benzene rings is 1. The molecule has 0 bridgehead atoms. The van der Waals surface area contributed by atoms with Crippen molar-refractivity contribution < 1.29 is 14.6 Å². The maximum absolute atomic E-state index is 11.0. The van der Waals surface area contributed by atoms with E-state index in [0.717, 1.165) is 30.6 Å². The van der Waals surface area contributed by atoms with Gasteiger partial charge in [0, 0.05) is 11.5 Å². The number of rotatable bonds is 4. The van der Waals surface area contributed by atoms with E-state index in [0.29, 0.717) is 5.82 Å². The molecule has 0 spiro atoms. The van der Waals surface area contributed by atoms with E-state index in [-0.39, 0.29) is 17.7 Å². The second-order valence-corrected chi connectivity index (χ2v) is 5.34. The zero-order valence-corrected chi connectivity index (χ0v) is 11.9. The van der Waals surface area contributed by atoms with E-state index in [9.17, 15) is 4.79 Å². The highest BCUT2D eigenvalue weighted by Crippen LogP contribution is 2.40. The molecule has 0 fully saturated rings. The molecule has 2 aromatic rings. The van der Waals surface area contributed by atoms with Crippen molar-refractivity contribution in [2.24, 2.45) is 0 Å². The number of carboxylic acid groups (broad SMARTS) is 1. The Morgan fingerprint density at radius 1 is 1.48 bits per heavy atom. The van der Waals surface area contributed by atoms with Crippen molar-refractivity contribution in [1.82, 2.24) is 9.97 Å². The normalized spacial score (nSPS) is 20.6. The fourth-order valence-corrected chi connectivity index (χ4v) is 2.87. The van der Waals surface area contributed by atoms with Gasteiger partial charge in [0.15, 0.2) is 0 Å². The lowest BCUT2D eigenvalue weighted by Crippen LogP contribution is -2.26. The molecule has 2 atom stereocenters. The van der Waals surface area contributed by atoms with E-state index < -0.39 is 5.97 Å². The quantitative estimate of drug-likeness (QED) is 0.905. The Balaban J connectivity index is 1.97. The van der Waals surface area contributed by atoms with Crippen molar-refractivity contribution in [2.45, 2.75) is 38.2 Å². The number of H-pyrrole nitrogens is 1. The number of nitrogens with zero attached hydrogens (tertiary/aromatic N) is 1. The monoisotopic (exact) mass is 286 g/mol. The largest absolute Gasteiger partial charge is 0.490 e. The van der Waals surface area contributed by atoms with E-state index in [1.807, 2.05) is 24.3 Å². The van der Waals surface area contributed by atoms with Crippen LogP contribution in [0.3, 0.4) is 0 Å². The maximum Gasteiger partial charge on any atom is 0.353 e. The van der Waals surface area contributed by atoms with Gasteiger partial charge in [0.2, 0.25) is 0 Å². The predicted molar refractivity (Wildman–Crippen MR) is 77.8 cm³/mol. The molecule has 5 heteroatoms. The molecule has 3 rings (SSSR count). The van der Waals surface area contributed by atoms with Crippen molar-refractivity contribution in [1.29, 1.82) is 0 Å². The van der Waals surface area contributed by atoms with E-state index in [4.69, 9.17) is 9.84 Å². The van der Waals surface area contributed by atoms with Crippen LogP contribution in [0.1, 0.15) is 54.0 Å². The molecule has 2 N–H and O–H groups in total. The van der Waals surface area contributed by atoms with Crippen LogP contribution in [0.25, 0.3) is 0 Å². The Labute approximate surface area is 123 Å². The molecule has 21 heavy (non-hydrogen) atoms. The second-order valence-electron chi connectivity index (χ2n) is 5.34. The SMILES string of the molecule is CCCC1CC(c2ncc(C(=O)O)[nH]2)c2ccccc2O1. The van der Waals surface area contributed by atoms with Crippen LogP contribution in [0, 0.1) is 0 Å². The molecule has 0 radical (unpaired) electrons. The average Bonchev–Trinajstić information content (AvgIpc) is 2.96. The van der Waals surface area contributed by atoms with Gasteiger partial charge in [-0.25, -0.2) is 9.78 Å². The molecule has 2 heterocycles. The first kappa shape index (κ1) is 13.7. The van der Waals surface area contributed by atoms with Gasteiger partial charge in [-0.05, 0) is 18.9 Å². The topological polar surface area (TPSA) is 75.2 Å². The highest BCUT2D eigenvalue weighted by atomic mass is 16.5. The van der Waals surface area contributed by atoms with Crippen LogP contribution >= 0.6 is 0 Å². The molecule has 1 aromatic heterocycles. The molecule has 1 aromatic carbocycles. The summed E-state index contributed by atoms with van der Waals surface area (Å²) in [5.74, 6) is 0.642. The van der Waals surface area contributed by atoms with Crippen molar-refractivity contribution in [2.75, 3.05) is 0 Å². The Morgan fingerprint density at radius 3 is 3.00 bits per heavy atom. The second kappa shape index (κ2) is 5.60. The molecule has 0 saturated heterocycles. The molecule has 110 valence electrons. The van der Waals surface area contributed by atoms with Gasteiger partial charge in [-0.2, -0.15) is 0 Å². The summed E-state index contributed by atoms with van der Waals surface area (Å²) in [6, 6.07) is 7.90. The summed E-state index contributed by atoms with van der Waals surface area (Å²) in [4.78, 5) is 18.2. The van der Waals surface area contributed by atoms with Crippen LogP contribution in [0.5, 0.6) is 5.75 Å². The number of ether oxygens (including phenoxy) is 1. The van der Waals surface area contributed by atoms with E-state index in [1.165, 1.54) is 6.20 Å². The third-order valence-corrected chi connectivity index (χ3v) is 3.85. The standard InChI is InChI=1S/C16H18N2O3/c1-2-5-10-8-12(11-6-3-4-7-14(11)21-10)15-17-9-13(18-15)16(19)20/h3-4,6-7,9-10,12H,2,5,8H2,1H3,(H,17,18)(H,19,20). The first-order chi connectivity index (χ1) is 10.2. The lowest BCUT2D eigenvalue weighted by molar-refractivity contribution is 0.0691. The summed E-state index contributed by atoms with van der Waals surface area (Å²) in [5, 5.41) is 9.03. The van der Waals surface area contributed by atoms with Crippen LogP contribution < -0.4 is 4.74 Å². The highest BCUT2D eigenvalue weighted by molar-refractivity contribution is 5.85. The van der Waals surface area contributed by atoms with Crippen molar-refractivity contribution in [3.05, 3.63) is 47.5 Å². The fraction of sp³-hybridized carbons (Fsp3) is 0.375. The number of carbonyl (C=O) groups is 1. The van der Waals surface area contributed by atoms with Crippen molar-refractivity contribution in [3.8, 4) is 5.75 Å². The zero-order valence-electron chi connectivity index (χ0n) is 11.9. The Hall–Kier alpha value is -2.30. The lowest BCUT2D eigenvalue weighted by Gasteiger charge is -2.31. The van der Waals surface area contributed by atoms with Crippen molar-refractivity contribution in [3.63, 3.8) is 0 Å². The third-order valence-electron chi connectivity index (χ3n) is 3.85. The first-order valence-electron chi connectivity index (χ1n) is 7.22. The van der Waals surface area contributed by atoms with E-state index >= 15 is 0 Å². The maximum atomic E-state index is 11.0. The Morgan fingerprint density at radius 2 is 2.29 bits per heavy atom. The number of hydrogen-bond donors (Lipinski definition) is 2. The molecule has 0 saturated carbocycles. The minimum atomic E-state index is -0.987. The van der Waals surface area contributed by atoms with Crippen LogP contribution in [0.4, 0.5) is 0 Å². The predicted octanol–water partition coefficient (Wildman–Crippen LogP) is 3.19. The van der Waals surface area contributed by atoms with Gasteiger partial charge in [-0.3, -0.25) is 0 Å². The Bertz CT molecular complexity index is 650. The number of hydrogen-bond acceptors (Lipinski definition) is 3. The molecule has 1 aliphatic heterocycles. The minimum Gasteiger partial charge on any atom is -0.490 e. The van der Waals surface area contributed by atoms with Gasteiger partial charge in [-0.15, -0.1) is 0 Å². The molecular weight excluding hydrogens is 268 g/mol. The summed E-state index contributed by atoms with van der Waals surface area (Å²) in [7, 11) is 0. The van der Waals surface area contributed by atoms with Crippen LogP contribution in [0.2, 0.25) is 0 Å². The number of nitrogens with one attached hydrogen (secondary N) is 1. The smallest absolute Gasteiger partial charge is 0.353 e. The summed E-state index contributed by atoms with van der Waals surface area (Å²) in [6.45, 7) is 2.13. The number of aromatic amines is 1. The van der Waals surface area contributed by atoms with Gasteiger partial charge in [0.25, 0.3) is 0 Å². The summed E-state index contributed by atoms with van der Waals surface area (Å²) < 4.78 is 6.02. The van der Waals surface area contributed by atoms with Gasteiger partial charge in [-0.1, -0.05) is 31.5 Å². The Kier molecular flexibility index (Phi) is 3.64. The molecule has 0 amide bonds. The summed E-state index contributed by atoms with van der Waals surface area (Å²) >= 11 is 0. The van der Waals surface area contributed by atoms with Gasteiger partial charge >= 0.3 is 5.97 Å². The highest BCUT2D eigenvalue weighted by Gasteiger charge is 2.30. The molecule has 0 aliphatic carbocycles. The molecule has 5 nitrogen and oxygen atoms in total. The van der Waals surface area contributed by atoms with Crippen LogP contribution in [-0.2, 0) is 0 Å². The number of para-hydroxylation sites is 1. The number of aromatic nitrogens is 2. The summed E-state index contributed by atoms with van der Waals surface area (Å²) in [6.07, 6.45) is 4.38. The average molecular weight is 286 g/mol. The third kappa shape index (κ3) is 2.63. The zero-order chi connectivity index (χ0) is 14.8. The van der Waals surface area contributed by atoms with Gasteiger partial charge < -0.3 is 14.8 Å². The number of carboxylic acids is 1. The lowest BCUT2D eigenvalue weighted by atomic mass is 9.88. The van der Waals surface area contributed by atoms with Gasteiger partial charge in [0.05, 0.1) is 12.3 Å². The molecular formula is C16H18N2O3.